The summed E-state index contributed by atoms with van der Waals surface area (Å²) in [6, 6.07) is -1.81. The lowest BCUT2D eigenvalue weighted by Gasteiger charge is -2.22. The van der Waals surface area contributed by atoms with Crippen molar-refractivity contribution in [2.45, 2.75) is 31.8 Å². The minimum atomic E-state index is -3.43. The van der Waals surface area contributed by atoms with Gasteiger partial charge in [0.15, 0.2) is 0 Å². The summed E-state index contributed by atoms with van der Waals surface area (Å²) < 4.78 is 23.9. The highest BCUT2D eigenvalue weighted by Crippen LogP contribution is 2.20. The molecule has 0 aliphatic carbocycles. The number of carboxylic acids is 1. The van der Waals surface area contributed by atoms with E-state index in [0.29, 0.717) is 19.4 Å². The first-order valence-electron chi connectivity index (χ1n) is 5.23. The lowest BCUT2D eigenvalue weighted by Crippen LogP contribution is -2.49. The van der Waals surface area contributed by atoms with Crippen LogP contribution in [0.25, 0.3) is 0 Å². The summed E-state index contributed by atoms with van der Waals surface area (Å²) in [7, 11) is -3.43. The van der Waals surface area contributed by atoms with Crippen molar-refractivity contribution in [1.82, 2.24) is 9.62 Å². The molecule has 0 aromatic rings. The van der Waals surface area contributed by atoms with Gasteiger partial charge >= 0.3 is 5.97 Å². The van der Waals surface area contributed by atoms with Crippen molar-refractivity contribution in [1.29, 1.82) is 0 Å². The van der Waals surface area contributed by atoms with Gasteiger partial charge in [0.05, 0.1) is 6.26 Å². The smallest absolute Gasteiger partial charge is 0.325 e. The Bertz CT molecular complexity index is 419. The topological polar surface area (TPSA) is 104 Å². The Hall–Kier alpha value is -1.15. The number of aliphatic carboxylic acids is 1. The Balaban J connectivity index is 2.72. The number of hydrogen-bond acceptors (Lipinski definition) is 4. The van der Waals surface area contributed by atoms with Gasteiger partial charge in [-0.2, -0.15) is 4.31 Å². The average molecular weight is 264 g/mol. The van der Waals surface area contributed by atoms with Gasteiger partial charge in [-0.1, -0.05) is 0 Å². The van der Waals surface area contributed by atoms with Crippen molar-refractivity contribution < 1.29 is 23.1 Å². The van der Waals surface area contributed by atoms with E-state index in [0.717, 1.165) is 10.6 Å². The second-order valence-electron chi connectivity index (χ2n) is 4.10. The summed E-state index contributed by atoms with van der Waals surface area (Å²) in [4.78, 5) is 22.3. The quantitative estimate of drug-likeness (QED) is 0.677. The molecule has 0 aromatic carbocycles. The standard InChI is InChI=1S/C9H16N2O5S/c1-6(9(13)14)10-8(12)7-4-3-5-11(7)17(2,15)16/h6-7H,3-5H2,1-2H3,(H,10,12)(H,13,14)/t6-,7?/m0/s1. The van der Waals surface area contributed by atoms with E-state index in [9.17, 15) is 18.0 Å². The Morgan fingerprint density at radius 3 is 2.53 bits per heavy atom. The zero-order valence-corrected chi connectivity index (χ0v) is 10.5. The van der Waals surface area contributed by atoms with Crippen molar-refractivity contribution in [2.75, 3.05) is 12.8 Å². The molecule has 1 amide bonds. The van der Waals surface area contributed by atoms with Crippen molar-refractivity contribution in [3.63, 3.8) is 0 Å². The predicted octanol–water partition coefficient (Wildman–Crippen LogP) is -1.00. The molecule has 0 radical (unpaired) electrons. The highest BCUT2D eigenvalue weighted by Gasteiger charge is 2.37. The normalized spacial score (nSPS) is 23.3. The van der Waals surface area contributed by atoms with Crippen molar-refractivity contribution in [3.05, 3.63) is 0 Å². The minimum Gasteiger partial charge on any atom is -0.480 e. The van der Waals surface area contributed by atoms with E-state index in [1.807, 2.05) is 0 Å². The highest BCUT2D eigenvalue weighted by molar-refractivity contribution is 7.88. The maximum Gasteiger partial charge on any atom is 0.325 e. The van der Waals surface area contributed by atoms with Gasteiger partial charge in [0, 0.05) is 6.54 Å². The van der Waals surface area contributed by atoms with Crippen LogP contribution in [0, 0.1) is 0 Å². The number of hydrogen-bond donors (Lipinski definition) is 2. The minimum absolute atomic E-state index is 0.304. The van der Waals surface area contributed by atoms with Crippen LogP contribution in [0.3, 0.4) is 0 Å². The largest absolute Gasteiger partial charge is 0.480 e. The van der Waals surface area contributed by atoms with Gasteiger partial charge < -0.3 is 10.4 Å². The summed E-state index contributed by atoms with van der Waals surface area (Å²) in [5, 5.41) is 10.9. The highest BCUT2D eigenvalue weighted by atomic mass is 32.2. The molecule has 0 aromatic heterocycles. The molecule has 17 heavy (non-hydrogen) atoms. The van der Waals surface area contributed by atoms with E-state index in [1.165, 1.54) is 6.92 Å². The number of nitrogens with one attached hydrogen (secondary N) is 1. The van der Waals surface area contributed by atoms with Gasteiger partial charge in [-0.25, -0.2) is 8.42 Å². The number of nitrogens with zero attached hydrogens (tertiary/aromatic N) is 1. The Kier molecular flexibility index (Phi) is 4.10. The fourth-order valence-electron chi connectivity index (χ4n) is 1.77. The maximum absolute atomic E-state index is 11.7. The first-order valence-corrected chi connectivity index (χ1v) is 7.08. The number of amides is 1. The first kappa shape index (κ1) is 13.9. The fourth-order valence-corrected chi connectivity index (χ4v) is 2.89. The van der Waals surface area contributed by atoms with Crippen LogP contribution in [0.5, 0.6) is 0 Å². The molecule has 2 N–H and O–H groups in total. The molecule has 1 rings (SSSR count). The summed E-state index contributed by atoms with van der Waals surface area (Å²) >= 11 is 0. The monoisotopic (exact) mass is 264 g/mol. The number of carbonyl (C=O) groups excluding carboxylic acids is 1. The van der Waals surface area contributed by atoms with Crippen molar-refractivity contribution >= 4 is 21.9 Å². The molecule has 1 aliphatic rings. The van der Waals surface area contributed by atoms with Crippen molar-refractivity contribution in [2.24, 2.45) is 0 Å². The van der Waals surface area contributed by atoms with E-state index in [2.05, 4.69) is 5.32 Å². The van der Waals surface area contributed by atoms with E-state index in [-0.39, 0.29) is 0 Å². The summed E-state index contributed by atoms with van der Waals surface area (Å²) in [5.74, 6) is -1.70. The second-order valence-corrected chi connectivity index (χ2v) is 6.04. The molecule has 7 nitrogen and oxygen atoms in total. The lowest BCUT2D eigenvalue weighted by atomic mass is 10.2. The molecule has 98 valence electrons. The van der Waals surface area contributed by atoms with Gasteiger partial charge in [-0.15, -0.1) is 0 Å². The molecule has 0 bridgehead atoms. The number of rotatable bonds is 4. The summed E-state index contributed by atoms with van der Waals surface area (Å²) in [5.41, 5.74) is 0. The van der Waals surface area contributed by atoms with Crippen LogP contribution < -0.4 is 5.32 Å². The van der Waals surface area contributed by atoms with Crippen LogP contribution in [0.2, 0.25) is 0 Å². The first-order chi connectivity index (χ1) is 7.73. The molecule has 1 aliphatic heterocycles. The number of carbonyl (C=O) groups is 2. The van der Waals surface area contributed by atoms with Crippen LogP contribution in [0.4, 0.5) is 0 Å². The molecule has 1 heterocycles. The molecule has 1 fully saturated rings. The van der Waals surface area contributed by atoms with Crippen LogP contribution in [-0.4, -0.2) is 54.6 Å². The molecule has 1 saturated heterocycles. The van der Waals surface area contributed by atoms with E-state index in [4.69, 9.17) is 5.11 Å². The zero-order chi connectivity index (χ0) is 13.2. The fraction of sp³-hybridized carbons (Fsp3) is 0.778. The van der Waals surface area contributed by atoms with Crippen molar-refractivity contribution in [3.8, 4) is 0 Å². The van der Waals surface area contributed by atoms with Gasteiger partial charge in [0.25, 0.3) is 0 Å². The van der Waals surface area contributed by atoms with Crippen LogP contribution in [0.1, 0.15) is 19.8 Å². The Labute approximate surface area is 99.8 Å². The third kappa shape index (κ3) is 3.40. The molecule has 1 unspecified atom stereocenters. The predicted molar refractivity (Wildman–Crippen MR) is 59.8 cm³/mol. The molecule has 0 spiro atoms. The lowest BCUT2D eigenvalue weighted by molar-refractivity contribution is -0.141. The van der Waals surface area contributed by atoms with Gasteiger partial charge in [-0.3, -0.25) is 9.59 Å². The molecule has 2 atom stereocenters. The Morgan fingerprint density at radius 1 is 1.47 bits per heavy atom. The third-order valence-corrected chi connectivity index (χ3v) is 3.95. The molecule has 8 heteroatoms. The van der Waals surface area contributed by atoms with E-state index < -0.39 is 34.0 Å². The average Bonchev–Trinajstić information content (AvgIpc) is 2.64. The van der Waals surface area contributed by atoms with Crippen LogP contribution in [0.15, 0.2) is 0 Å². The maximum atomic E-state index is 11.7. The van der Waals surface area contributed by atoms with Crippen LogP contribution >= 0.6 is 0 Å². The zero-order valence-electron chi connectivity index (χ0n) is 9.71. The molecule has 0 saturated carbocycles. The Morgan fingerprint density at radius 2 is 2.06 bits per heavy atom. The third-order valence-electron chi connectivity index (χ3n) is 2.66. The second kappa shape index (κ2) is 5.01. The van der Waals surface area contributed by atoms with Crippen LogP contribution in [-0.2, 0) is 19.6 Å². The number of sulfonamides is 1. The SMILES string of the molecule is C[C@H](NC(=O)C1CCCN1S(C)(=O)=O)C(=O)O. The van der Waals surface area contributed by atoms with E-state index >= 15 is 0 Å². The van der Waals surface area contributed by atoms with E-state index in [1.54, 1.807) is 0 Å². The summed E-state index contributed by atoms with van der Waals surface area (Å²) in [6.45, 7) is 1.64. The molecular weight excluding hydrogens is 248 g/mol. The summed E-state index contributed by atoms with van der Waals surface area (Å²) in [6.07, 6.45) is 2.07. The number of carboxylic acid groups (broad SMARTS) is 1. The molecular formula is C9H16N2O5S. The van der Waals surface area contributed by atoms with Gasteiger partial charge in [-0.05, 0) is 19.8 Å². The van der Waals surface area contributed by atoms with Gasteiger partial charge in [0.2, 0.25) is 15.9 Å². The van der Waals surface area contributed by atoms with Gasteiger partial charge in [0.1, 0.15) is 12.1 Å².